The summed E-state index contributed by atoms with van der Waals surface area (Å²) in [6.07, 6.45) is 0.767. The minimum absolute atomic E-state index is 0.141. The molecule has 0 bridgehead atoms. The van der Waals surface area contributed by atoms with Crippen molar-refractivity contribution in [3.05, 3.63) is 35.1 Å². The third kappa shape index (κ3) is 2.77. The minimum atomic E-state index is -0.658. The molecule has 0 saturated heterocycles. The zero-order valence-electron chi connectivity index (χ0n) is 7.96. The Morgan fingerprint density at radius 2 is 2.27 bits per heavy atom. The van der Waals surface area contributed by atoms with Gasteiger partial charge >= 0.3 is 0 Å². The number of rotatable bonds is 4. The molecule has 0 aliphatic heterocycles. The predicted molar refractivity (Wildman–Crippen MR) is 55.4 cm³/mol. The highest BCUT2D eigenvalue weighted by Crippen LogP contribution is 2.15. The van der Waals surface area contributed by atoms with E-state index in [1.165, 1.54) is 12.1 Å². The van der Waals surface area contributed by atoms with E-state index in [4.69, 9.17) is 16.9 Å². The highest BCUT2D eigenvalue weighted by Gasteiger charge is 2.13. The first-order valence-corrected chi connectivity index (χ1v) is 5.02. The molecular weight excluding hydrogens is 217 g/mol. The maximum atomic E-state index is 13.1. The Hall–Kier alpha value is -1.40. The van der Waals surface area contributed by atoms with E-state index in [9.17, 15) is 9.18 Å². The standard InChI is InChI=1S/C11H9ClFNO/c12-6-2-5-11(15)8-3-1-4-10(13)9(8)7-14/h1,3-4H,2,5-6H2. The third-order valence-electron chi connectivity index (χ3n) is 1.96. The van der Waals surface area contributed by atoms with E-state index in [1.807, 2.05) is 0 Å². The summed E-state index contributed by atoms with van der Waals surface area (Å²) in [4.78, 5) is 11.6. The summed E-state index contributed by atoms with van der Waals surface area (Å²) >= 11 is 5.45. The fraction of sp³-hybridized carbons (Fsp3) is 0.273. The van der Waals surface area contributed by atoms with Gasteiger partial charge in [0.15, 0.2) is 5.78 Å². The van der Waals surface area contributed by atoms with Crippen LogP contribution >= 0.6 is 11.6 Å². The van der Waals surface area contributed by atoms with Crippen molar-refractivity contribution in [1.82, 2.24) is 0 Å². The van der Waals surface area contributed by atoms with Crippen LogP contribution in [-0.4, -0.2) is 11.7 Å². The minimum Gasteiger partial charge on any atom is -0.294 e. The second kappa shape index (κ2) is 5.47. The Morgan fingerprint density at radius 1 is 1.53 bits per heavy atom. The zero-order valence-corrected chi connectivity index (χ0v) is 8.72. The van der Waals surface area contributed by atoms with Gasteiger partial charge in [-0.15, -0.1) is 11.6 Å². The summed E-state index contributed by atoms with van der Waals surface area (Å²) in [5, 5.41) is 8.71. The highest BCUT2D eigenvalue weighted by atomic mass is 35.5. The van der Waals surface area contributed by atoms with E-state index in [-0.39, 0.29) is 23.3 Å². The predicted octanol–water partition coefficient (Wildman–Crippen LogP) is 2.90. The maximum absolute atomic E-state index is 13.1. The first kappa shape index (κ1) is 11.7. The van der Waals surface area contributed by atoms with Gasteiger partial charge in [0.1, 0.15) is 11.9 Å². The summed E-state index contributed by atoms with van der Waals surface area (Å²) < 4.78 is 13.1. The van der Waals surface area contributed by atoms with E-state index >= 15 is 0 Å². The summed E-state index contributed by atoms with van der Waals surface area (Å²) in [5.74, 6) is -0.524. The molecule has 0 radical (unpaired) electrons. The number of carbonyl (C=O) groups is 1. The van der Waals surface area contributed by atoms with E-state index < -0.39 is 5.82 Å². The molecule has 0 fully saturated rings. The van der Waals surface area contributed by atoms with Gasteiger partial charge in [0.2, 0.25) is 0 Å². The zero-order chi connectivity index (χ0) is 11.3. The Labute approximate surface area is 92.3 Å². The van der Waals surface area contributed by atoms with E-state index in [2.05, 4.69) is 0 Å². The number of nitriles is 1. The second-order valence-electron chi connectivity index (χ2n) is 2.99. The fourth-order valence-corrected chi connectivity index (χ4v) is 1.37. The van der Waals surface area contributed by atoms with Crippen LogP contribution in [0.1, 0.15) is 28.8 Å². The average molecular weight is 226 g/mol. The summed E-state index contributed by atoms with van der Waals surface area (Å²) in [7, 11) is 0. The molecule has 0 aromatic heterocycles. The molecule has 4 heteroatoms. The van der Waals surface area contributed by atoms with Crippen molar-refractivity contribution < 1.29 is 9.18 Å². The van der Waals surface area contributed by atoms with Gasteiger partial charge in [0.05, 0.1) is 5.56 Å². The van der Waals surface area contributed by atoms with Gasteiger partial charge in [-0.1, -0.05) is 6.07 Å². The van der Waals surface area contributed by atoms with Crippen LogP contribution < -0.4 is 0 Å². The quantitative estimate of drug-likeness (QED) is 0.584. The number of nitrogens with zero attached hydrogens (tertiary/aromatic N) is 1. The summed E-state index contributed by atoms with van der Waals surface area (Å²) in [6, 6.07) is 5.73. The first-order chi connectivity index (χ1) is 7.20. The van der Waals surface area contributed by atoms with E-state index in [0.717, 1.165) is 6.07 Å². The van der Waals surface area contributed by atoms with Gasteiger partial charge in [-0.25, -0.2) is 4.39 Å². The van der Waals surface area contributed by atoms with Crippen LogP contribution in [0.15, 0.2) is 18.2 Å². The van der Waals surface area contributed by atoms with Crippen LogP contribution in [-0.2, 0) is 0 Å². The molecule has 0 atom stereocenters. The molecule has 0 aliphatic carbocycles. The molecular formula is C11H9ClFNO. The van der Waals surface area contributed by atoms with Gasteiger partial charge in [-0.05, 0) is 18.6 Å². The summed E-state index contributed by atoms with van der Waals surface area (Å²) in [6.45, 7) is 0. The summed E-state index contributed by atoms with van der Waals surface area (Å²) in [5.41, 5.74) is -0.0420. The first-order valence-electron chi connectivity index (χ1n) is 4.48. The SMILES string of the molecule is N#Cc1c(F)cccc1C(=O)CCCCl. The lowest BCUT2D eigenvalue weighted by atomic mass is 10.0. The van der Waals surface area contributed by atoms with Crippen molar-refractivity contribution in [2.75, 3.05) is 5.88 Å². The number of hydrogen-bond donors (Lipinski definition) is 0. The Balaban J connectivity index is 2.99. The number of Topliss-reactive ketones (excluding diaryl/α,β-unsaturated/α-hetero) is 1. The van der Waals surface area contributed by atoms with Crippen molar-refractivity contribution in [2.45, 2.75) is 12.8 Å². The molecule has 0 heterocycles. The Kier molecular flexibility index (Phi) is 4.26. The molecule has 0 spiro atoms. The van der Waals surface area contributed by atoms with Crippen LogP contribution in [0.5, 0.6) is 0 Å². The number of halogens is 2. The van der Waals surface area contributed by atoms with Gasteiger partial charge in [0.25, 0.3) is 0 Å². The van der Waals surface area contributed by atoms with Crippen molar-refractivity contribution >= 4 is 17.4 Å². The van der Waals surface area contributed by atoms with E-state index in [1.54, 1.807) is 6.07 Å². The lowest BCUT2D eigenvalue weighted by molar-refractivity contribution is 0.0981. The van der Waals surface area contributed by atoms with Crippen molar-refractivity contribution in [3.8, 4) is 6.07 Å². The van der Waals surface area contributed by atoms with Crippen LogP contribution in [0.25, 0.3) is 0 Å². The Morgan fingerprint density at radius 3 is 2.87 bits per heavy atom. The second-order valence-corrected chi connectivity index (χ2v) is 3.37. The van der Waals surface area contributed by atoms with Gasteiger partial charge < -0.3 is 0 Å². The van der Waals surface area contributed by atoms with Crippen LogP contribution in [0.2, 0.25) is 0 Å². The lowest BCUT2D eigenvalue weighted by Gasteiger charge is -2.02. The molecule has 1 aromatic carbocycles. The molecule has 0 unspecified atom stereocenters. The molecule has 0 amide bonds. The van der Waals surface area contributed by atoms with Crippen molar-refractivity contribution in [3.63, 3.8) is 0 Å². The molecule has 0 N–H and O–H groups in total. The van der Waals surface area contributed by atoms with Crippen molar-refractivity contribution in [2.24, 2.45) is 0 Å². The van der Waals surface area contributed by atoms with Crippen LogP contribution in [0, 0.1) is 17.1 Å². The number of ketones is 1. The normalized spacial score (nSPS) is 9.67. The maximum Gasteiger partial charge on any atom is 0.164 e. The molecule has 0 aliphatic rings. The van der Waals surface area contributed by atoms with Gasteiger partial charge in [-0.2, -0.15) is 5.26 Å². The molecule has 15 heavy (non-hydrogen) atoms. The average Bonchev–Trinajstić information content (AvgIpc) is 2.25. The molecule has 1 rings (SSSR count). The number of hydrogen-bond acceptors (Lipinski definition) is 2. The Bertz CT molecular complexity index is 412. The third-order valence-corrected chi connectivity index (χ3v) is 2.23. The van der Waals surface area contributed by atoms with Crippen LogP contribution in [0.3, 0.4) is 0 Å². The van der Waals surface area contributed by atoms with E-state index in [0.29, 0.717) is 12.3 Å². The molecule has 2 nitrogen and oxygen atoms in total. The lowest BCUT2D eigenvalue weighted by Crippen LogP contribution is -2.04. The van der Waals surface area contributed by atoms with Gasteiger partial charge in [-0.3, -0.25) is 4.79 Å². The fourth-order valence-electron chi connectivity index (χ4n) is 1.23. The smallest absolute Gasteiger partial charge is 0.164 e. The molecule has 78 valence electrons. The number of alkyl halides is 1. The monoisotopic (exact) mass is 225 g/mol. The largest absolute Gasteiger partial charge is 0.294 e. The van der Waals surface area contributed by atoms with Crippen LogP contribution in [0.4, 0.5) is 4.39 Å². The van der Waals surface area contributed by atoms with Crippen molar-refractivity contribution in [1.29, 1.82) is 5.26 Å². The molecule has 1 aromatic rings. The molecule has 0 saturated carbocycles. The number of carbonyl (C=O) groups excluding carboxylic acids is 1. The number of benzene rings is 1. The topological polar surface area (TPSA) is 40.9 Å². The highest BCUT2D eigenvalue weighted by molar-refractivity contribution is 6.18. The van der Waals surface area contributed by atoms with Gasteiger partial charge in [0, 0.05) is 17.9 Å².